The summed E-state index contributed by atoms with van der Waals surface area (Å²) < 4.78 is 1.65. The number of nitrogens with one attached hydrogen (secondary N) is 1. The standard InChI is InChI=1S/C22H21N3O2S3/c1-4-25-21(27)19-15(17-9-6-10-28-17)11-29-20(19)24-22(25)30-12-18(26)23-16-8-5-7-13(2)14(16)3/h5-11H,4,12H2,1-3H3,(H,23,26). The van der Waals surface area contributed by atoms with Crippen molar-refractivity contribution in [1.82, 2.24) is 9.55 Å². The highest BCUT2D eigenvalue weighted by molar-refractivity contribution is 7.99. The minimum Gasteiger partial charge on any atom is -0.325 e. The molecular formula is C22H21N3O2S3. The average Bonchev–Trinajstić information content (AvgIpc) is 3.39. The van der Waals surface area contributed by atoms with Crippen LogP contribution in [0.4, 0.5) is 5.69 Å². The van der Waals surface area contributed by atoms with Gasteiger partial charge in [0.25, 0.3) is 5.56 Å². The SMILES string of the molecule is CCn1c(SCC(=O)Nc2cccc(C)c2C)nc2scc(-c3cccs3)c2c1=O. The number of hydrogen-bond acceptors (Lipinski definition) is 6. The van der Waals surface area contributed by atoms with Crippen LogP contribution in [-0.4, -0.2) is 21.2 Å². The number of anilines is 1. The molecule has 5 nitrogen and oxygen atoms in total. The highest BCUT2D eigenvalue weighted by atomic mass is 32.2. The van der Waals surface area contributed by atoms with Crippen molar-refractivity contribution >= 4 is 56.2 Å². The maximum Gasteiger partial charge on any atom is 0.263 e. The molecule has 3 heterocycles. The molecule has 0 aliphatic rings. The fourth-order valence-electron chi connectivity index (χ4n) is 3.21. The number of aryl methyl sites for hydroxylation is 1. The zero-order chi connectivity index (χ0) is 21.3. The van der Waals surface area contributed by atoms with E-state index < -0.39 is 0 Å². The molecule has 30 heavy (non-hydrogen) atoms. The van der Waals surface area contributed by atoms with E-state index in [9.17, 15) is 9.59 Å². The first-order valence-corrected chi connectivity index (χ1v) is 12.3. The van der Waals surface area contributed by atoms with E-state index in [1.165, 1.54) is 23.1 Å². The number of benzene rings is 1. The molecule has 0 saturated carbocycles. The lowest BCUT2D eigenvalue weighted by Crippen LogP contribution is -2.23. The van der Waals surface area contributed by atoms with Crippen LogP contribution in [0.15, 0.2) is 51.0 Å². The number of thioether (sulfide) groups is 1. The molecule has 1 amide bonds. The summed E-state index contributed by atoms with van der Waals surface area (Å²) in [6, 6.07) is 9.84. The summed E-state index contributed by atoms with van der Waals surface area (Å²) in [5.74, 6) is 0.0743. The Hall–Kier alpha value is -2.42. The highest BCUT2D eigenvalue weighted by Gasteiger charge is 2.18. The summed E-state index contributed by atoms with van der Waals surface area (Å²) >= 11 is 4.37. The third-order valence-electron chi connectivity index (χ3n) is 4.97. The first-order chi connectivity index (χ1) is 14.5. The van der Waals surface area contributed by atoms with Gasteiger partial charge in [0.2, 0.25) is 5.91 Å². The number of amides is 1. The maximum atomic E-state index is 13.2. The van der Waals surface area contributed by atoms with Gasteiger partial charge in [-0.05, 0) is 49.4 Å². The summed E-state index contributed by atoms with van der Waals surface area (Å²) in [5.41, 5.74) is 3.89. The zero-order valence-corrected chi connectivity index (χ0v) is 19.3. The van der Waals surface area contributed by atoms with E-state index in [0.29, 0.717) is 21.9 Å². The number of carbonyl (C=O) groups is 1. The normalized spacial score (nSPS) is 11.2. The number of rotatable bonds is 6. The second kappa shape index (κ2) is 8.75. The summed E-state index contributed by atoms with van der Waals surface area (Å²) in [7, 11) is 0. The minimum atomic E-state index is -0.115. The number of carbonyl (C=O) groups excluding carboxylic acids is 1. The predicted octanol–water partition coefficient (Wildman–Crippen LogP) is 5.55. The number of nitrogens with zero attached hydrogens (tertiary/aromatic N) is 2. The van der Waals surface area contributed by atoms with Gasteiger partial charge < -0.3 is 5.32 Å². The van der Waals surface area contributed by atoms with Crippen LogP contribution in [0.25, 0.3) is 20.7 Å². The summed E-state index contributed by atoms with van der Waals surface area (Å²) in [5, 5.41) is 8.19. The maximum absolute atomic E-state index is 13.2. The fourth-order valence-corrected chi connectivity index (χ4v) is 5.88. The fraction of sp³-hybridized carbons (Fsp3) is 0.227. The lowest BCUT2D eigenvalue weighted by molar-refractivity contribution is -0.113. The Morgan fingerprint density at radius 1 is 1.20 bits per heavy atom. The van der Waals surface area contributed by atoms with E-state index in [-0.39, 0.29) is 17.2 Å². The Bertz CT molecular complexity index is 1270. The Balaban J connectivity index is 1.59. The van der Waals surface area contributed by atoms with Crippen molar-refractivity contribution in [1.29, 1.82) is 0 Å². The molecule has 4 rings (SSSR count). The van der Waals surface area contributed by atoms with Crippen molar-refractivity contribution < 1.29 is 4.79 Å². The summed E-state index contributed by atoms with van der Waals surface area (Å²) in [6.45, 7) is 6.43. The van der Waals surface area contributed by atoms with E-state index in [1.807, 2.05) is 61.9 Å². The molecule has 0 spiro atoms. The van der Waals surface area contributed by atoms with Crippen LogP contribution >= 0.6 is 34.4 Å². The molecule has 0 fully saturated rings. The van der Waals surface area contributed by atoms with E-state index >= 15 is 0 Å². The molecule has 4 aromatic rings. The Morgan fingerprint density at radius 3 is 2.77 bits per heavy atom. The zero-order valence-electron chi connectivity index (χ0n) is 16.9. The van der Waals surface area contributed by atoms with Gasteiger partial charge in [-0.2, -0.15) is 0 Å². The van der Waals surface area contributed by atoms with Crippen LogP contribution in [0, 0.1) is 13.8 Å². The molecule has 8 heteroatoms. The molecule has 0 atom stereocenters. The lowest BCUT2D eigenvalue weighted by Gasteiger charge is -2.12. The van der Waals surface area contributed by atoms with Crippen LogP contribution < -0.4 is 10.9 Å². The third kappa shape index (κ3) is 3.95. The summed E-state index contributed by atoms with van der Waals surface area (Å²) in [4.78, 5) is 32.2. The van der Waals surface area contributed by atoms with Gasteiger partial charge in [0.15, 0.2) is 5.16 Å². The molecule has 154 valence electrons. The predicted molar refractivity (Wildman–Crippen MR) is 128 cm³/mol. The van der Waals surface area contributed by atoms with Gasteiger partial charge >= 0.3 is 0 Å². The van der Waals surface area contributed by atoms with E-state index in [2.05, 4.69) is 5.32 Å². The molecule has 1 aromatic carbocycles. The molecule has 1 N–H and O–H groups in total. The first-order valence-electron chi connectivity index (χ1n) is 9.54. The van der Waals surface area contributed by atoms with Crippen LogP contribution in [0.1, 0.15) is 18.1 Å². The van der Waals surface area contributed by atoms with E-state index in [0.717, 1.165) is 27.3 Å². The molecule has 0 unspecified atom stereocenters. The number of thiophene rings is 2. The Morgan fingerprint density at radius 2 is 2.03 bits per heavy atom. The van der Waals surface area contributed by atoms with Gasteiger partial charge in [-0.25, -0.2) is 4.98 Å². The van der Waals surface area contributed by atoms with Crippen LogP contribution in [0.3, 0.4) is 0 Å². The molecule has 0 bridgehead atoms. The van der Waals surface area contributed by atoms with E-state index in [4.69, 9.17) is 4.98 Å². The Labute approximate surface area is 186 Å². The topological polar surface area (TPSA) is 64.0 Å². The summed E-state index contributed by atoms with van der Waals surface area (Å²) in [6.07, 6.45) is 0. The first kappa shape index (κ1) is 20.8. The molecular weight excluding hydrogens is 434 g/mol. The van der Waals surface area contributed by atoms with Crippen molar-refractivity contribution in [3.8, 4) is 10.4 Å². The van der Waals surface area contributed by atoms with Gasteiger partial charge in [0, 0.05) is 28.1 Å². The molecule has 0 saturated heterocycles. The third-order valence-corrected chi connectivity index (χ3v) is 7.72. The van der Waals surface area contributed by atoms with Crippen molar-refractivity contribution in [2.45, 2.75) is 32.5 Å². The van der Waals surface area contributed by atoms with Crippen molar-refractivity contribution in [2.24, 2.45) is 0 Å². The quantitative estimate of drug-likeness (QED) is 0.306. The monoisotopic (exact) mass is 455 g/mol. The van der Waals surface area contributed by atoms with Crippen LogP contribution in [0.5, 0.6) is 0 Å². The minimum absolute atomic E-state index is 0.0513. The average molecular weight is 456 g/mol. The lowest BCUT2D eigenvalue weighted by atomic mass is 10.1. The molecule has 0 radical (unpaired) electrons. The second-order valence-electron chi connectivity index (χ2n) is 6.83. The van der Waals surface area contributed by atoms with Gasteiger partial charge in [0.1, 0.15) is 4.83 Å². The number of aromatic nitrogens is 2. The van der Waals surface area contributed by atoms with Gasteiger partial charge in [-0.1, -0.05) is 30.0 Å². The number of fused-ring (bicyclic) bond motifs is 1. The van der Waals surface area contributed by atoms with Crippen LogP contribution in [-0.2, 0) is 11.3 Å². The number of hydrogen-bond donors (Lipinski definition) is 1. The highest BCUT2D eigenvalue weighted by Crippen LogP contribution is 2.34. The van der Waals surface area contributed by atoms with Crippen LogP contribution in [0.2, 0.25) is 0 Å². The molecule has 0 aliphatic heterocycles. The van der Waals surface area contributed by atoms with Gasteiger partial charge in [0.05, 0.1) is 11.1 Å². The second-order valence-corrected chi connectivity index (χ2v) is 9.58. The van der Waals surface area contributed by atoms with E-state index in [1.54, 1.807) is 15.9 Å². The van der Waals surface area contributed by atoms with Crippen molar-refractivity contribution in [3.05, 3.63) is 62.6 Å². The molecule has 0 aliphatic carbocycles. The van der Waals surface area contributed by atoms with Crippen molar-refractivity contribution in [2.75, 3.05) is 11.1 Å². The molecule has 3 aromatic heterocycles. The smallest absolute Gasteiger partial charge is 0.263 e. The Kier molecular flexibility index (Phi) is 6.08. The van der Waals surface area contributed by atoms with Gasteiger partial charge in [-0.15, -0.1) is 22.7 Å². The largest absolute Gasteiger partial charge is 0.325 e. The van der Waals surface area contributed by atoms with Crippen molar-refractivity contribution in [3.63, 3.8) is 0 Å². The van der Waals surface area contributed by atoms with Gasteiger partial charge in [-0.3, -0.25) is 14.2 Å².